The molecule has 0 rings (SSSR count). The molecular formula is C11H23NOS. The van der Waals surface area contributed by atoms with E-state index in [2.05, 4.69) is 6.92 Å². The van der Waals surface area contributed by atoms with Gasteiger partial charge in [-0.25, -0.2) is 0 Å². The third-order valence-corrected chi connectivity index (χ3v) is 3.52. The molecule has 0 saturated heterocycles. The number of unbranched alkanes of at least 4 members (excludes halogenated alkanes) is 5. The Morgan fingerprint density at radius 3 is 2.36 bits per heavy atom. The summed E-state index contributed by atoms with van der Waals surface area (Å²) in [4.78, 5) is 10.7. The van der Waals surface area contributed by atoms with Gasteiger partial charge >= 0.3 is 0 Å². The van der Waals surface area contributed by atoms with Gasteiger partial charge in [0.25, 0.3) is 0 Å². The lowest BCUT2D eigenvalue weighted by Crippen LogP contribution is -2.22. The molecule has 84 valence electrons. The van der Waals surface area contributed by atoms with E-state index >= 15 is 0 Å². The Hall–Kier alpha value is -0.180. The van der Waals surface area contributed by atoms with Crippen molar-refractivity contribution in [2.45, 2.75) is 57.6 Å². The van der Waals surface area contributed by atoms with Crippen molar-refractivity contribution < 1.29 is 4.79 Å². The highest BCUT2D eigenvalue weighted by molar-refractivity contribution is 8.00. The zero-order valence-corrected chi connectivity index (χ0v) is 10.2. The van der Waals surface area contributed by atoms with Crippen molar-refractivity contribution in [2.24, 2.45) is 5.73 Å². The van der Waals surface area contributed by atoms with Crippen molar-refractivity contribution in [1.29, 1.82) is 0 Å². The van der Waals surface area contributed by atoms with Crippen molar-refractivity contribution >= 4 is 17.7 Å². The lowest BCUT2D eigenvalue weighted by molar-refractivity contribution is -0.117. The molecule has 0 bridgehead atoms. The summed E-state index contributed by atoms with van der Waals surface area (Å²) < 4.78 is 0. The second-order valence-electron chi connectivity index (χ2n) is 3.68. The van der Waals surface area contributed by atoms with E-state index in [4.69, 9.17) is 5.73 Å². The number of thioether (sulfide) groups is 1. The SMILES string of the molecule is CCCCCCCCSC(C)C(N)=O. The zero-order chi connectivity index (χ0) is 10.8. The molecule has 0 aromatic rings. The summed E-state index contributed by atoms with van der Waals surface area (Å²) in [5.41, 5.74) is 5.16. The van der Waals surface area contributed by atoms with Crippen LogP contribution in [-0.2, 0) is 4.79 Å². The predicted octanol–water partition coefficient (Wildman–Crippen LogP) is 2.95. The highest BCUT2D eigenvalue weighted by Crippen LogP contribution is 2.14. The number of carbonyl (C=O) groups is 1. The molecule has 0 aliphatic carbocycles. The van der Waals surface area contributed by atoms with Crippen LogP contribution >= 0.6 is 11.8 Å². The number of rotatable bonds is 9. The first-order chi connectivity index (χ1) is 6.68. The van der Waals surface area contributed by atoms with Gasteiger partial charge in [-0.05, 0) is 19.1 Å². The minimum absolute atomic E-state index is 0.0226. The van der Waals surface area contributed by atoms with Gasteiger partial charge in [-0.1, -0.05) is 39.0 Å². The summed E-state index contributed by atoms with van der Waals surface area (Å²) in [6.07, 6.45) is 7.84. The van der Waals surface area contributed by atoms with Crippen LogP contribution in [-0.4, -0.2) is 16.9 Å². The summed E-state index contributed by atoms with van der Waals surface area (Å²) in [5, 5.41) is -0.0226. The maximum absolute atomic E-state index is 10.7. The van der Waals surface area contributed by atoms with Crippen molar-refractivity contribution in [3.8, 4) is 0 Å². The molecule has 0 aliphatic rings. The number of amides is 1. The quantitative estimate of drug-likeness (QED) is 0.603. The average Bonchev–Trinajstić information content (AvgIpc) is 2.16. The van der Waals surface area contributed by atoms with E-state index in [1.165, 1.54) is 38.5 Å². The number of hydrogen-bond donors (Lipinski definition) is 1. The minimum Gasteiger partial charge on any atom is -0.369 e. The van der Waals surface area contributed by atoms with E-state index in [1.807, 2.05) is 6.92 Å². The van der Waals surface area contributed by atoms with E-state index in [9.17, 15) is 4.79 Å². The predicted molar refractivity (Wildman–Crippen MR) is 64.5 cm³/mol. The smallest absolute Gasteiger partial charge is 0.230 e. The molecule has 0 heterocycles. The molecule has 0 radical (unpaired) electrons. The standard InChI is InChI=1S/C11H23NOS/c1-3-4-5-6-7-8-9-14-10(2)11(12)13/h10H,3-9H2,1-2H3,(H2,12,13). The Bertz CT molecular complexity index is 150. The van der Waals surface area contributed by atoms with Crippen molar-refractivity contribution in [3.05, 3.63) is 0 Å². The molecule has 0 aromatic carbocycles. The molecular weight excluding hydrogens is 194 g/mol. The second-order valence-corrected chi connectivity index (χ2v) is 5.13. The highest BCUT2D eigenvalue weighted by Gasteiger charge is 2.07. The molecule has 0 aromatic heterocycles. The van der Waals surface area contributed by atoms with Crippen LogP contribution < -0.4 is 5.73 Å². The Morgan fingerprint density at radius 1 is 1.21 bits per heavy atom. The molecule has 1 unspecified atom stereocenters. The van der Waals surface area contributed by atoms with Crippen LogP contribution in [0.25, 0.3) is 0 Å². The van der Waals surface area contributed by atoms with Crippen molar-refractivity contribution in [2.75, 3.05) is 5.75 Å². The first-order valence-electron chi connectivity index (χ1n) is 5.59. The van der Waals surface area contributed by atoms with Gasteiger partial charge in [0.05, 0.1) is 5.25 Å². The van der Waals surface area contributed by atoms with Crippen LogP contribution in [0.1, 0.15) is 52.4 Å². The molecule has 1 atom stereocenters. The molecule has 2 nitrogen and oxygen atoms in total. The summed E-state index contributed by atoms with van der Waals surface area (Å²) in [5.74, 6) is 0.872. The van der Waals surface area contributed by atoms with E-state index in [-0.39, 0.29) is 11.2 Å². The molecule has 0 spiro atoms. The fourth-order valence-electron chi connectivity index (χ4n) is 1.22. The van der Waals surface area contributed by atoms with Gasteiger partial charge in [-0.3, -0.25) is 4.79 Å². The summed E-state index contributed by atoms with van der Waals surface area (Å²) in [7, 11) is 0. The van der Waals surface area contributed by atoms with Gasteiger partial charge in [0, 0.05) is 0 Å². The van der Waals surface area contributed by atoms with Crippen LogP contribution in [0.2, 0.25) is 0 Å². The van der Waals surface area contributed by atoms with Crippen LogP contribution in [0, 0.1) is 0 Å². The zero-order valence-electron chi connectivity index (χ0n) is 9.42. The van der Waals surface area contributed by atoms with Gasteiger partial charge in [0.1, 0.15) is 0 Å². The van der Waals surface area contributed by atoms with E-state index in [1.54, 1.807) is 11.8 Å². The second kappa shape index (κ2) is 9.38. The topological polar surface area (TPSA) is 43.1 Å². The van der Waals surface area contributed by atoms with Gasteiger partial charge in [0.2, 0.25) is 5.91 Å². The van der Waals surface area contributed by atoms with Crippen molar-refractivity contribution in [1.82, 2.24) is 0 Å². The van der Waals surface area contributed by atoms with Gasteiger partial charge < -0.3 is 5.73 Å². The summed E-state index contributed by atoms with van der Waals surface area (Å²) in [6, 6.07) is 0. The van der Waals surface area contributed by atoms with Crippen LogP contribution in [0.15, 0.2) is 0 Å². The molecule has 0 fully saturated rings. The molecule has 1 amide bonds. The fourth-order valence-corrected chi connectivity index (χ4v) is 2.11. The number of primary amides is 1. The van der Waals surface area contributed by atoms with Gasteiger partial charge in [-0.2, -0.15) is 0 Å². The fraction of sp³-hybridized carbons (Fsp3) is 0.909. The maximum atomic E-state index is 10.7. The summed E-state index contributed by atoms with van der Waals surface area (Å²) in [6.45, 7) is 4.11. The minimum atomic E-state index is -0.194. The molecule has 14 heavy (non-hydrogen) atoms. The van der Waals surface area contributed by atoms with E-state index < -0.39 is 0 Å². The monoisotopic (exact) mass is 217 g/mol. The number of hydrogen-bond acceptors (Lipinski definition) is 2. The molecule has 2 N–H and O–H groups in total. The van der Waals surface area contributed by atoms with Crippen LogP contribution in [0.5, 0.6) is 0 Å². The first-order valence-corrected chi connectivity index (χ1v) is 6.64. The average molecular weight is 217 g/mol. The third-order valence-electron chi connectivity index (χ3n) is 2.27. The molecule has 3 heteroatoms. The van der Waals surface area contributed by atoms with E-state index in [0.717, 1.165) is 5.75 Å². The maximum Gasteiger partial charge on any atom is 0.230 e. The van der Waals surface area contributed by atoms with E-state index in [0.29, 0.717) is 0 Å². The lowest BCUT2D eigenvalue weighted by Gasteiger charge is -2.06. The summed E-state index contributed by atoms with van der Waals surface area (Å²) >= 11 is 1.67. The van der Waals surface area contributed by atoms with Gasteiger partial charge in [0.15, 0.2) is 0 Å². The number of nitrogens with two attached hydrogens (primary N) is 1. The number of carbonyl (C=O) groups excluding carboxylic acids is 1. The highest BCUT2D eigenvalue weighted by atomic mass is 32.2. The largest absolute Gasteiger partial charge is 0.369 e. The Balaban J connectivity index is 3.09. The Kier molecular flexibility index (Phi) is 9.26. The van der Waals surface area contributed by atoms with Crippen LogP contribution in [0.3, 0.4) is 0 Å². The van der Waals surface area contributed by atoms with Crippen molar-refractivity contribution in [3.63, 3.8) is 0 Å². The normalized spacial score (nSPS) is 12.7. The lowest BCUT2D eigenvalue weighted by atomic mass is 10.1. The first kappa shape index (κ1) is 13.8. The third kappa shape index (κ3) is 8.42. The molecule has 0 saturated carbocycles. The van der Waals surface area contributed by atoms with Gasteiger partial charge in [-0.15, -0.1) is 11.8 Å². The Labute approximate surface area is 92.0 Å². The molecule has 0 aliphatic heterocycles. The van der Waals surface area contributed by atoms with Crippen LogP contribution in [0.4, 0.5) is 0 Å². The Morgan fingerprint density at radius 2 is 1.79 bits per heavy atom.